The van der Waals surface area contributed by atoms with Crippen molar-refractivity contribution in [2.45, 2.75) is 78.6 Å². The second kappa shape index (κ2) is 10.8. The zero-order chi connectivity index (χ0) is 13.9. The van der Waals surface area contributed by atoms with Gasteiger partial charge in [-0.25, -0.2) is 0 Å². The summed E-state index contributed by atoms with van der Waals surface area (Å²) >= 11 is 0. The van der Waals surface area contributed by atoms with E-state index < -0.39 is 0 Å². The molecule has 0 aliphatic heterocycles. The van der Waals surface area contributed by atoms with Crippen LogP contribution in [0.15, 0.2) is 0 Å². The van der Waals surface area contributed by atoms with Gasteiger partial charge in [0, 0.05) is 0 Å². The van der Waals surface area contributed by atoms with Crippen LogP contribution in [0.4, 0.5) is 0 Å². The van der Waals surface area contributed by atoms with Crippen LogP contribution < -0.4 is 0 Å². The van der Waals surface area contributed by atoms with Crippen LogP contribution in [0.1, 0.15) is 78.6 Å². The fraction of sp³-hybridized carbons (Fsp3) is 1.00. The van der Waals surface area contributed by atoms with Crippen LogP contribution in [-0.4, -0.2) is 31.7 Å². The van der Waals surface area contributed by atoms with Crippen molar-refractivity contribution in [1.29, 1.82) is 0 Å². The first-order chi connectivity index (χ1) is 8.48. The van der Waals surface area contributed by atoms with Crippen molar-refractivity contribution < 1.29 is 4.48 Å². The molecule has 0 saturated carbocycles. The second-order valence-electron chi connectivity index (χ2n) is 7.04. The van der Waals surface area contributed by atoms with Crippen molar-refractivity contribution >= 4 is 0 Å². The lowest BCUT2D eigenvalue weighted by atomic mass is 10.1. The summed E-state index contributed by atoms with van der Waals surface area (Å²) in [6.45, 7) is 9.68. The van der Waals surface area contributed by atoms with E-state index in [1.165, 1.54) is 75.4 Å². The Hall–Kier alpha value is -0.0400. The highest BCUT2D eigenvalue weighted by atomic mass is 15.3. The highest BCUT2D eigenvalue weighted by molar-refractivity contribution is 4.48. The summed E-state index contributed by atoms with van der Waals surface area (Å²) < 4.78 is 1.23. The molecule has 0 rings (SSSR count). The van der Waals surface area contributed by atoms with E-state index in [4.69, 9.17) is 0 Å². The molecule has 0 aromatic heterocycles. The molecule has 0 heterocycles. The van der Waals surface area contributed by atoms with Crippen molar-refractivity contribution in [1.82, 2.24) is 0 Å². The number of unbranched alkanes of at least 4 members (excludes halogenated alkanes) is 6. The van der Waals surface area contributed by atoms with Gasteiger partial charge in [-0.2, -0.15) is 0 Å². The van der Waals surface area contributed by atoms with Gasteiger partial charge in [0.25, 0.3) is 0 Å². The summed E-state index contributed by atoms with van der Waals surface area (Å²) in [5.74, 6) is 0.874. The van der Waals surface area contributed by atoms with Crippen LogP contribution in [0.2, 0.25) is 0 Å². The van der Waals surface area contributed by atoms with E-state index >= 15 is 0 Å². The van der Waals surface area contributed by atoms with E-state index in [2.05, 4.69) is 34.9 Å². The Labute approximate surface area is 117 Å². The number of quaternary nitrogens is 1. The Morgan fingerprint density at radius 2 is 1.22 bits per heavy atom. The van der Waals surface area contributed by atoms with Crippen LogP contribution in [0.3, 0.4) is 0 Å². The molecule has 0 saturated heterocycles. The summed E-state index contributed by atoms with van der Waals surface area (Å²) in [5, 5.41) is 0. The van der Waals surface area contributed by atoms with Gasteiger partial charge in [0.15, 0.2) is 0 Å². The lowest BCUT2D eigenvalue weighted by Gasteiger charge is -2.30. The van der Waals surface area contributed by atoms with E-state index in [0.717, 1.165) is 5.92 Å². The quantitative estimate of drug-likeness (QED) is 0.330. The van der Waals surface area contributed by atoms with Crippen LogP contribution in [0.25, 0.3) is 0 Å². The van der Waals surface area contributed by atoms with Crippen LogP contribution in [0, 0.1) is 5.92 Å². The molecule has 0 amide bonds. The van der Waals surface area contributed by atoms with E-state index in [9.17, 15) is 0 Å². The van der Waals surface area contributed by atoms with Crippen molar-refractivity contribution in [3.05, 3.63) is 0 Å². The summed E-state index contributed by atoms with van der Waals surface area (Å²) in [6, 6.07) is 0. The molecular formula is C17H38N+. The van der Waals surface area contributed by atoms with E-state index in [0.29, 0.717) is 0 Å². The highest BCUT2D eigenvalue weighted by Crippen LogP contribution is 2.11. The zero-order valence-corrected chi connectivity index (χ0v) is 13.8. The van der Waals surface area contributed by atoms with Gasteiger partial charge in [-0.15, -0.1) is 0 Å². The standard InChI is InChI=1S/C17H38N/c1-6-7-8-9-10-12-15-18(4,5)16-13-11-14-17(2)3/h17H,6-16H2,1-5H3/q+1. The third-order valence-electron chi connectivity index (χ3n) is 3.91. The SMILES string of the molecule is CCCCCCCC[N+](C)(C)CCCCC(C)C. The van der Waals surface area contributed by atoms with E-state index in [-0.39, 0.29) is 0 Å². The first-order valence-corrected chi connectivity index (χ1v) is 8.30. The predicted molar refractivity (Wildman–Crippen MR) is 83.9 cm³/mol. The number of nitrogens with zero attached hydrogens (tertiary/aromatic N) is 1. The molecule has 0 unspecified atom stereocenters. The summed E-state index contributed by atoms with van der Waals surface area (Å²) in [5.41, 5.74) is 0. The van der Waals surface area contributed by atoms with Crippen molar-refractivity contribution in [3.8, 4) is 0 Å². The zero-order valence-electron chi connectivity index (χ0n) is 13.8. The Balaban J connectivity index is 3.42. The molecule has 0 spiro atoms. The van der Waals surface area contributed by atoms with Crippen LogP contribution in [-0.2, 0) is 0 Å². The fourth-order valence-electron chi connectivity index (χ4n) is 2.52. The number of hydrogen-bond donors (Lipinski definition) is 0. The predicted octanol–water partition coefficient (Wildman–Crippen LogP) is 5.25. The molecule has 0 N–H and O–H groups in total. The molecular weight excluding hydrogens is 218 g/mol. The van der Waals surface area contributed by atoms with Gasteiger partial charge in [-0.1, -0.05) is 52.9 Å². The van der Waals surface area contributed by atoms with E-state index in [1.54, 1.807) is 0 Å². The maximum absolute atomic E-state index is 2.40. The Kier molecular flexibility index (Phi) is 10.8. The highest BCUT2D eigenvalue weighted by Gasteiger charge is 2.13. The van der Waals surface area contributed by atoms with Crippen LogP contribution in [0.5, 0.6) is 0 Å². The van der Waals surface area contributed by atoms with E-state index in [1.807, 2.05) is 0 Å². The molecule has 1 nitrogen and oxygen atoms in total. The largest absolute Gasteiger partial charge is 0.328 e. The van der Waals surface area contributed by atoms with Gasteiger partial charge in [-0.3, -0.25) is 0 Å². The van der Waals surface area contributed by atoms with Crippen molar-refractivity contribution in [2.75, 3.05) is 27.2 Å². The molecule has 0 radical (unpaired) electrons. The van der Waals surface area contributed by atoms with Crippen molar-refractivity contribution in [2.24, 2.45) is 5.92 Å². The van der Waals surface area contributed by atoms with Gasteiger partial charge < -0.3 is 4.48 Å². The average Bonchev–Trinajstić information content (AvgIpc) is 2.29. The topological polar surface area (TPSA) is 0 Å². The van der Waals surface area contributed by atoms with Crippen molar-refractivity contribution in [3.63, 3.8) is 0 Å². The van der Waals surface area contributed by atoms with Gasteiger partial charge >= 0.3 is 0 Å². The fourth-order valence-corrected chi connectivity index (χ4v) is 2.52. The summed E-state index contributed by atoms with van der Waals surface area (Å²) in [7, 11) is 4.81. The third kappa shape index (κ3) is 12.4. The average molecular weight is 256 g/mol. The maximum atomic E-state index is 2.40. The van der Waals surface area contributed by atoms with Gasteiger partial charge in [0.2, 0.25) is 0 Å². The Morgan fingerprint density at radius 3 is 1.78 bits per heavy atom. The molecule has 0 aromatic carbocycles. The second-order valence-corrected chi connectivity index (χ2v) is 7.04. The van der Waals surface area contributed by atoms with Gasteiger partial charge in [-0.05, 0) is 31.6 Å². The molecule has 1 heteroatoms. The molecule has 0 bridgehead atoms. The normalized spacial score (nSPS) is 12.3. The molecule has 18 heavy (non-hydrogen) atoms. The molecule has 0 aromatic rings. The first kappa shape index (κ1) is 18.0. The lowest BCUT2D eigenvalue weighted by Crippen LogP contribution is -2.41. The minimum Gasteiger partial charge on any atom is -0.328 e. The first-order valence-electron chi connectivity index (χ1n) is 8.30. The Bertz CT molecular complexity index is 172. The lowest BCUT2D eigenvalue weighted by molar-refractivity contribution is -0.890. The molecule has 0 aliphatic rings. The third-order valence-corrected chi connectivity index (χ3v) is 3.91. The molecule has 0 atom stereocenters. The number of hydrogen-bond acceptors (Lipinski definition) is 0. The summed E-state index contributed by atoms with van der Waals surface area (Å²) in [6.07, 6.45) is 12.7. The summed E-state index contributed by atoms with van der Waals surface area (Å²) in [4.78, 5) is 0. The molecule has 110 valence electrons. The monoisotopic (exact) mass is 256 g/mol. The minimum atomic E-state index is 0.874. The maximum Gasteiger partial charge on any atom is 0.0782 e. The molecule has 0 aliphatic carbocycles. The Morgan fingerprint density at radius 1 is 0.722 bits per heavy atom. The van der Waals surface area contributed by atoms with Crippen LogP contribution >= 0.6 is 0 Å². The minimum absolute atomic E-state index is 0.874. The van der Waals surface area contributed by atoms with Gasteiger partial charge in [0.1, 0.15) is 0 Å². The van der Waals surface area contributed by atoms with Gasteiger partial charge in [0.05, 0.1) is 27.2 Å². The smallest absolute Gasteiger partial charge is 0.0782 e. The number of rotatable bonds is 12. The molecule has 0 fully saturated rings.